The van der Waals surface area contributed by atoms with E-state index in [9.17, 15) is 0 Å². The largest absolute Gasteiger partial charge is 0.327 e. The molecule has 2 fully saturated rings. The zero-order chi connectivity index (χ0) is 6.65. The van der Waals surface area contributed by atoms with Gasteiger partial charge in [-0.1, -0.05) is 13.8 Å². The number of fused-ring (bicyclic) bond motifs is 1. The van der Waals surface area contributed by atoms with Gasteiger partial charge in [-0.15, -0.1) is 0 Å². The summed E-state index contributed by atoms with van der Waals surface area (Å²) in [6, 6.07) is 0.512. The van der Waals surface area contributed by atoms with Gasteiger partial charge in [0.05, 0.1) is 0 Å². The van der Waals surface area contributed by atoms with Crippen LogP contribution in [0.25, 0.3) is 0 Å². The third-order valence-electron chi connectivity index (χ3n) is 3.86. The van der Waals surface area contributed by atoms with E-state index in [4.69, 9.17) is 5.73 Å². The second-order valence-corrected chi connectivity index (χ2v) is 3.95. The molecule has 4 atom stereocenters. The van der Waals surface area contributed by atoms with Gasteiger partial charge in [0.1, 0.15) is 0 Å². The molecule has 0 radical (unpaired) electrons. The van der Waals surface area contributed by atoms with Gasteiger partial charge in [-0.25, -0.2) is 0 Å². The van der Waals surface area contributed by atoms with Crippen LogP contribution in [0.1, 0.15) is 26.7 Å². The van der Waals surface area contributed by atoms with Crippen LogP contribution in [0.15, 0.2) is 0 Å². The molecule has 1 heteroatoms. The number of hydrogen-bond acceptors (Lipinski definition) is 1. The minimum Gasteiger partial charge on any atom is -0.327 e. The lowest BCUT2D eigenvalue weighted by atomic mass is 9.98. The van der Waals surface area contributed by atoms with Crippen LogP contribution < -0.4 is 5.73 Å². The van der Waals surface area contributed by atoms with Crippen molar-refractivity contribution in [1.82, 2.24) is 0 Å². The average molecular weight is 125 g/mol. The topological polar surface area (TPSA) is 26.0 Å². The normalized spacial score (nSPS) is 63.7. The molecule has 0 amide bonds. The second-order valence-electron chi connectivity index (χ2n) is 3.95. The summed E-state index contributed by atoms with van der Waals surface area (Å²) in [4.78, 5) is 0. The number of nitrogens with two attached hydrogens (primary N) is 1. The molecule has 2 aliphatic rings. The predicted octanol–water partition coefficient (Wildman–Crippen LogP) is 1.38. The standard InChI is InChI=1S/C8H15N/c1-5-6-3-4-7(9)8(5,6)2/h5-7H,3-4,9H2,1-2H3/t5?,6?,7?,8-/m0/s1. The molecule has 52 valence electrons. The lowest BCUT2D eigenvalue weighted by molar-refractivity contribution is 0.419. The Labute approximate surface area is 56.6 Å². The molecule has 0 spiro atoms. The fourth-order valence-electron chi connectivity index (χ4n) is 2.71. The van der Waals surface area contributed by atoms with E-state index in [-0.39, 0.29) is 0 Å². The van der Waals surface area contributed by atoms with Crippen molar-refractivity contribution >= 4 is 0 Å². The maximum atomic E-state index is 5.94. The first-order valence-electron chi connectivity index (χ1n) is 3.93. The van der Waals surface area contributed by atoms with Gasteiger partial charge in [0.15, 0.2) is 0 Å². The van der Waals surface area contributed by atoms with Gasteiger partial charge in [-0.3, -0.25) is 0 Å². The van der Waals surface area contributed by atoms with Gasteiger partial charge in [-0.05, 0) is 30.1 Å². The van der Waals surface area contributed by atoms with Crippen LogP contribution in [-0.2, 0) is 0 Å². The van der Waals surface area contributed by atoms with E-state index in [1.54, 1.807) is 0 Å². The minimum atomic E-state index is 0.512. The molecule has 0 bridgehead atoms. The van der Waals surface area contributed by atoms with Crippen molar-refractivity contribution in [2.24, 2.45) is 23.0 Å². The summed E-state index contributed by atoms with van der Waals surface area (Å²) in [7, 11) is 0. The van der Waals surface area contributed by atoms with Crippen LogP contribution in [0.5, 0.6) is 0 Å². The molecule has 0 aromatic carbocycles. The lowest BCUT2D eigenvalue weighted by Gasteiger charge is -2.14. The van der Waals surface area contributed by atoms with E-state index < -0.39 is 0 Å². The Hall–Kier alpha value is -0.0400. The van der Waals surface area contributed by atoms with Gasteiger partial charge in [0.25, 0.3) is 0 Å². The lowest BCUT2D eigenvalue weighted by Crippen LogP contribution is -2.27. The van der Waals surface area contributed by atoms with Crippen molar-refractivity contribution in [2.75, 3.05) is 0 Å². The van der Waals surface area contributed by atoms with Gasteiger partial charge in [0.2, 0.25) is 0 Å². The quantitative estimate of drug-likeness (QED) is 0.520. The van der Waals surface area contributed by atoms with Crippen LogP contribution in [-0.4, -0.2) is 6.04 Å². The Morgan fingerprint density at radius 2 is 2.11 bits per heavy atom. The summed E-state index contributed by atoms with van der Waals surface area (Å²) >= 11 is 0. The fourth-order valence-corrected chi connectivity index (χ4v) is 2.71. The van der Waals surface area contributed by atoms with E-state index in [0.29, 0.717) is 11.5 Å². The third-order valence-corrected chi connectivity index (χ3v) is 3.86. The fraction of sp³-hybridized carbons (Fsp3) is 1.00. The zero-order valence-electron chi connectivity index (χ0n) is 6.22. The molecule has 3 unspecified atom stereocenters. The SMILES string of the molecule is CC1C2CCC(N)[C@@]12C. The van der Waals surface area contributed by atoms with E-state index in [0.717, 1.165) is 11.8 Å². The van der Waals surface area contributed by atoms with Crippen molar-refractivity contribution < 1.29 is 0 Å². The Morgan fingerprint density at radius 1 is 1.44 bits per heavy atom. The Bertz CT molecular complexity index is 140. The first kappa shape index (κ1) is 5.72. The summed E-state index contributed by atoms with van der Waals surface area (Å²) in [5.41, 5.74) is 6.50. The van der Waals surface area contributed by atoms with Crippen LogP contribution in [0.2, 0.25) is 0 Å². The first-order valence-corrected chi connectivity index (χ1v) is 3.93. The molecular weight excluding hydrogens is 110 g/mol. The van der Waals surface area contributed by atoms with E-state index >= 15 is 0 Å². The summed E-state index contributed by atoms with van der Waals surface area (Å²) in [6.45, 7) is 4.68. The van der Waals surface area contributed by atoms with E-state index in [2.05, 4.69) is 13.8 Å². The van der Waals surface area contributed by atoms with Gasteiger partial charge < -0.3 is 5.73 Å². The minimum absolute atomic E-state index is 0.512. The maximum absolute atomic E-state index is 5.94. The average Bonchev–Trinajstić information content (AvgIpc) is 2.15. The van der Waals surface area contributed by atoms with Crippen LogP contribution in [0, 0.1) is 17.3 Å². The number of rotatable bonds is 0. The van der Waals surface area contributed by atoms with Crippen LogP contribution in [0.3, 0.4) is 0 Å². The van der Waals surface area contributed by atoms with Gasteiger partial charge >= 0.3 is 0 Å². The highest BCUT2D eigenvalue weighted by molar-refractivity contribution is 5.15. The summed E-state index contributed by atoms with van der Waals surface area (Å²) < 4.78 is 0. The highest BCUT2D eigenvalue weighted by atomic mass is 14.8. The van der Waals surface area contributed by atoms with Crippen LogP contribution in [0.4, 0.5) is 0 Å². The molecule has 9 heavy (non-hydrogen) atoms. The van der Waals surface area contributed by atoms with E-state index in [1.165, 1.54) is 12.8 Å². The molecule has 2 rings (SSSR count). The molecule has 0 heterocycles. The summed E-state index contributed by atoms with van der Waals surface area (Å²) in [6.07, 6.45) is 2.66. The van der Waals surface area contributed by atoms with Crippen molar-refractivity contribution in [2.45, 2.75) is 32.7 Å². The monoisotopic (exact) mass is 125 g/mol. The molecule has 0 aromatic rings. The van der Waals surface area contributed by atoms with Crippen molar-refractivity contribution in [3.8, 4) is 0 Å². The zero-order valence-corrected chi connectivity index (χ0v) is 6.22. The molecule has 0 aromatic heterocycles. The molecule has 2 saturated carbocycles. The Morgan fingerprint density at radius 3 is 2.33 bits per heavy atom. The van der Waals surface area contributed by atoms with E-state index in [1.807, 2.05) is 0 Å². The Balaban J connectivity index is 2.21. The molecule has 0 aliphatic heterocycles. The molecule has 0 saturated heterocycles. The summed E-state index contributed by atoms with van der Waals surface area (Å²) in [5.74, 6) is 1.90. The van der Waals surface area contributed by atoms with Crippen molar-refractivity contribution in [3.63, 3.8) is 0 Å². The maximum Gasteiger partial charge on any atom is 0.00984 e. The molecule has 2 aliphatic carbocycles. The first-order chi connectivity index (χ1) is 4.17. The van der Waals surface area contributed by atoms with Crippen molar-refractivity contribution in [1.29, 1.82) is 0 Å². The molecule has 1 nitrogen and oxygen atoms in total. The second kappa shape index (κ2) is 1.34. The van der Waals surface area contributed by atoms with Crippen LogP contribution >= 0.6 is 0 Å². The summed E-state index contributed by atoms with van der Waals surface area (Å²) in [5, 5.41) is 0. The highest BCUT2D eigenvalue weighted by Crippen LogP contribution is 2.67. The molecule has 2 N–H and O–H groups in total. The third kappa shape index (κ3) is 0.454. The highest BCUT2D eigenvalue weighted by Gasteiger charge is 2.64. The smallest absolute Gasteiger partial charge is 0.00984 e. The van der Waals surface area contributed by atoms with Gasteiger partial charge in [-0.2, -0.15) is 0 Å². The number of hydrogen-bond donors (Lipinski definition) is 1. The molecular formula is C8H15N. The Kier molecular flexibility index (Phi) is 0.852. The predicted molar refractivity (Wildman–Crippen MR) is 38.0 cm³/mol. The van der Waals surface area contributed by atoms with Gasteiger partial charge in [0, 0.05) is 6.04 Å². The van der Waals surface area contributed by atoms with Crippen molar-refractivity contribution in [3.05, 3.63) is 0 Å².